The van der Waals surface area contributed by atoms with Gasteiger partial charge in [-0.15, -0.1) is 0 Å². The summed E-state index contributed by atoms with van der Waals surface area (Å²) in [4.78, 5) is 11.3. The van der Waals surface area contributed by atoms with E-state index in [0.717, 1.165) is 5.56 Å². The zero-order valence-electron chi connectivity index (χ0n) is 9.25. The van der Waals surface area contributed by atoms with Gasteiger partial charge in [0.15, 0.2) is 5.75 Å². The molecule has 0 heterocycles. The van der Waals surface area contributed by atoms with E-state index in [1.807, 2.05) is 0 Å². The molecule has 1 aromatic rings. The average molecular weight is 288 g/mol. The summed E-state index contributed by atoms with van der Waals surface area (Å²) >= 11 is 3.36. The molecule has 5 heteroatoms. The van der Waals surface area contributed by atoms with Crippen molar-refractivity contribution in [1.29, 1.82) is 0 Å². The number of carbonyl (C=O) groups is 1. The van der Waals surface area contributed by atoms with E-state index in [-0.39, 0.29) is 12.4 Å². The molecule has 16 heavy (non-hydrogen) atoms. The van der Waals surface area contributed by atoms with Gasteiger partial charge < -0.3 is 15.2 Å². The molecule has 2 N–H and O–H groups in total. The van der Waals surface area contributed by atoms with E-state index >= 15 is 0 Å². The summed E-state index contributed by atoms with van der Waals surface area (Å²) in [6.07, 6.45) is 0.199. The topological polar surface area (TPSA) is 61.5 Å². The van der Waals surface area contributed by atoms with Crippen LogP contribution in [0, 0.1) is 0 Å². The largest absolute Gasteiger partial charge is 0.493 e. The van der Waals surface area contributed by atoms with Crippen molar-refractivity contribution in [2.24, 2.45) is 0 Å². The molecule has 0 aliphatic carbocycles. The molecule has 0 saturated heterocycles. The molecule has 0 bridgehead atoms. The molecule has 0 fully saturated rings. The molecule has 0 aromatic heterocycles. The maximum atomic E-state index is 11.3. The number of hydrogen-bond acceptors (Lipinski definition) is 4. The number of carbonyl (C=O) groups excluding carboxylic acids is 1. The first-order chi connectivity index (χ1) is 7.60. The lowest BCUT2D eigenvalue weighted by atomic mass is 10.1. The Labute approximate surface area is 103 Å². The van der Waals surface area contributed by atoms with Crippen molar-refractivity contribution >= 4 is 27.6 Å². The van der Waals surface area contributed by atoms with Gasteiger partial charge in [0.2, 0.25) is 0 Å². The summed E-state index contributed by atoms with van der Waals surface area (Å²) in [5, 5.41) is 0. The fourth-order valence-corrected chi connectivity index (χ4v) is 1.99. The van der Waals surface area contributed by atoms with Crippen LogP contribution in [0.15, 0.2) is 16.6 Å². The summed E-state index contributed by atoms with van der Waals surface area (Å²) in [5.41, 5.74) is 7.04. The van der Waals surface area contributed by atoms with Crippen molar-refractivity contribution in [2.75, 3.05) is 19.5 Å². The van der Waals surface area contributed by atoms with Gasteiger partial charge in [-0.2, -0.15) is 0 Å². The Bertz CT molecular complexity index is 393. The molecule has 0 spiro atoms. The molecule has 0 amide bonds. The lowest BCUT2D eigenvalue weighted by Gasteiger charge is -2.11. The highest BCUT2D eigenvalue weighted by Gasteiger charge is 2.13. The zero-order chi connectivity index (χ0) is 12.1. The molecular formula is C11H14BrNO3. The van der Waals surface area contributed by atoms with Crippen LogP contribution in [-0.2, 0) is 16.0 Å². The molecule has 1 rings (SSSR count). The Morgan fingerprint density at radius 2 is 2.19 bits per heavy atom. The normalized spacial score (nSPS) is 9.94. The SMILES string of the molecule is CCOC(=O)Cc1ccc(N)c(OC)c1Br. The third kappa shape index (κ3) is 2.88. The first kappa shape index (κ1) is 12.8. The molecular weight excluding hydrogens is 274 g/mol. The lowest BCUT2D eigenvalue weighted by Crippen LogP contribution is -2.08. The Balaban J connectivity index is 2.93. The van der Waals surface area contributed by atoms with Crippen LogP contribution in [0.5, 0.6) is 5.75 Å². The molecule has 0 atom stereocenters. The Hall–Kier alpha value is -1.23. The maximum absolute atomic E-state index is 11.3. The number of esters is 1. The van der Waals surface area contributed by atoms with Gasteiger partial charge in [0.1, 0.15) is 0 Å². The number of methoxy groups -OCH3 is 1. The van der Waals surface area contributed by atoms with Gasteiger partial charge >= 0.3 is 5.97 Å². The number of hydrogen-bond donors (Lipinski definition) is 1. The van der Waals surface area contributed by atoms with Crippen LogP contribution in [0.2, 0.25) is 0 Å². The Morgan fingerprint density at radius 3 is 2.75 bits per heavy atom. The predicted octanol–water partition coefficient (Wildman–Crippen LogP) is 2.15. The van der Waals surface area contributed by atoms with E-state index in [4.69, 9.17) is 15.2 Å². The summed E-state index contributed by atoms with van der Waals surface area (Å²) in [7, 11) is 1.53. The number of nitrogen functional groups attached to an aromatic ring is 1. The highest BCUT2D eigenvalue weighted by atomic mass is 79.9. The molecule has 0 unspecified atom stereocenters. The van der Waals surface area contributed by atoms with E-state index in [1.165, 1.54) is 7.11 Å². The van der Waals surface area contributed by atoms with Crippen molar-refractivity contribution in [3.8, 4) is 5.75 Å². The summed E-state index contributed by atoms with van der Waals surface area (Å²) in [6.45, 7) is 2.15. The summed E-state index contributed by atoms with van der Waals surface area (Å²) < 4.78 is 10.7. The van der Waals surface area contributed by atoms with Crippen molar-refractivity contribution in [2.45, 2.75) is 13.3 Å². The van der Waals surface area contributed by atoms with Crippen LogP contribution in [0.25, 0.3) is 0 Å². The average Bonchev–Trinajstić information content (AvgIpc) is 2.23. The molecule has 0 aliphatic rings. The number of halogens is 1. The minimum Gasteiger partial charge on any atom is -0.493 e. The Morgan fingerprint density at radius 1 is 1.50 bits per heavy atom. The van der Waals surface area contributed by atoms with Gasteiger partial charge in [0, 0.05) is 0 Å². The van der Waals surface area contributed by atoms with Gasteiger partial charge in [-0.3, -0.25) is 4.79 Å². The minimum atomic E-state index is -0.268. The van der Waals surface area contributed by atoms with Crippen LogP contribution in [0.4, 0.5) is 5.69 Å². The molecule has 0 aliphatic heterocycles. The van der Waals surface area contributed by atoms with Crippen molar-refractivity contribution in [3.63, 3.8) is 0 Å². The number of nitrogens with two attached hydrogens (primary N) is 1. The standard InChI is InChI=1S/C11H14BrNO3/c1-3-16-9(14)6-7-4-5-8(13)11(15-2)10(7)12/h4-5H,3,6,13H2,1-2H3. The first-order valence-corrected chi connectivity index (χ1v) is 5.65. The van der Waals surface area contributed by atoms with Crippen LogP contribution in [-0.4, -0.2) is 19.7 Å². The van der Waals surface area contributed by atoms with E-state index < -0.39 is 0 Å². The predicted molar refractivity (Wildman–Crippen MR) is 65.4 cm³/mol. The van der Waals surface area contributed by atoms with E-state index in [9.17, 15) is 4.79 Å². The monoisotopic (exact) mass is 287 g/mol. The van der Waals surface area contributed by atoms with Crippen LogP contribution in [0.3, 0.4) is 0 Å². The van der Waals surface area contributed by atoms with E-state index in [2.05, 4.69) is 15.9 Å². The van der Waals surface area contributed by atoms with Crippen LogP contribution < -0.4 is 10.5 Å². The van der Waals surface area contributed by atoms with Gasteiger partial charge in [0.05, 0.1) is 30.3 Å². The molecule has 88 valence electrons. The molecule has 1 aromatic carbocycles. The van der Waals surface area contributed by atoms with E-state index in [1.54, 1.807) is 19.1 Å². The number of benzene rings is 1. The van der Waals surface area contributed by atoms with Gasteiger partial charge in [-0.05, 0) is 34.5 Å². The number of anilines is 1. The molecule has 0 radical (unpaired) electrons. The smallest absolute Gasteiger partial charge is 0.310 e. The number of ether oxygens (including phenoxy) is 2. The van der Waals surface area contributed by atoms with Crippen molar-refractivity contribution in [1.82, 2.24) is 0 Å². The maximum Gasteiger partial charge on any atom is 0.310 e. The third-order valence-electron chi connectivity index (χ3n) is 2.05. The minimum absolute atomic E-state index is 0.199. The second-order valence-electron chi connectivity index (χ2n) is 3.14. The second kappa shape index (κ2) is 5.75. The lowest BCUT2D eigenvalue weighted by molar-refractivity contribution is -0.142. The van der Waals surface area contributed by atoms with Gasteiger partial charge in [0.25, 0.3) is 0 Å². The zero-order valence-corrected chi connectivity index (χ0v) is 10.8. The van der Waals surface area contributed by atoms with Gasteiger partial charge in [-0.25, -0.2) is 0 Å². The Kier molecular flexibility index (Phi) is 4.61. The second-order valence-corrected chi connectivity index (χ2v) is 3.94. The fourth-order valence-electron chi connectivity index (χ4n) is 1.32. The highest BCUT2D eigenvalue weighted by molar-refractivity contribution is 9.10. The number of rotatable bonds is 4. The van der Waals surface area contributed by atoms with Gasteiger partial charge in [-0.1, -0.05) is 6.07 Å². The van der Waals surface area contributed by atoms with Crippen LogP contribution in [0.1, 0.15) is 12.5 Å². The highest BCUT2D eigenvalue weighted by Crippen LogP contribution is 2.34. The van der Waals surface area contributed by atoms with E-state index in [0.29, 0.717) is 22.5 Å². The first-order valence-electron chi connectivity index (χ1n) is 4.86. The van der Waals surface area contributed by atoms with Crippen molar-refractivity contribution < 1.29 is 14.3 Å². The molecule has 0 saturated carbocycles. The summed E-state index contributed by atoms with van der Waals surface area (Å²) in [5.74, 6) is 0.275. The third-order valence-corrected chi connectivity index (χ3v) is 2.92. The van der Waals surface area contributed by atoms with Crippen LogP contribution >= 0.6 is 15.9 Å². The fraction of sp³-hybridized carbons (Fsp3) is 0.364. The molecule has 4 nitrogen and oxygen atoms in total. The quantitative estimate of drug-likeness (QED) is 0.681. The summed E-state index contributed by atoms with van der Waals surface area (Å²) in [6, 6.07) is 3.48. The van der Waals surface area contributed by atoms with Crippen molar-refractivity contribution in [3.05, 3.63) is 22.2 Å².